The van der Waals surface area contributed by atoms with Gasteiger partial charge in [-0.25, -0.2) is 32.3 Å². The number of hydrogen-bond acceptors (Lipinski definition) is 19. The van der Waals surface area contributed by atoms with E-state index in [0.29, 0.717) is 182 Å². The van der Waals surface area contributed by atoms with E-state index in [0.717, 1.165) is 153 Å². The van der Waals surface area contributed by atoms with Crippen LogP contribution in [0.1, 0.15) is 288 Å². The number of aliphatic hydroxyl groups is 4. The number of ether oxygens (including phenoxy) is 7. The third kappa shape index (κ3) is 39.5. The van der Waals surface area contributed by atoms with E-state index in [1.54, 1.807) is 49.5 Å². The second-order valence-corrected chi connectivity index (χ2v) is 44.1. The number of nitrogens with zero attached hydrogens (tertiary/aromatic N) is 4. The van der Waals surface area contributed by atoms with E-state index < -0.39 is 39.9 Å². The van der Waals surface area contributed by atoms with Crippen molar-refractivity contribution >= 4 is 24.1 Å². The van der Waals surface area contributed by atoms with Crippen LogP contribution in [0.25, 0.3) is 0 Å². The van der Waals surface area contributed by atoms with Gasteiger partial charge in [0.1, 0.15) is 58.4 Å². The van der Waals surface area contributed by atoms with Gasteiger partial charge in [-0.05, 0) is 279 Å². The van der Waals surface area contributed by atoms with Gasteiger partial charge in [0.25, 0.3) is 0 Å². The van der Waals surface area contributed by atoms with Crippen LogP contribution in [-0.4, -0.2) is 257 Å². The number of methoxy groups -OCH3 is 4. The molecule has 12 rings (SSSR count). The van der Waals surface area contributed by atoms with Crippen LogP contribution < -0.4 is 61.5 Å². The number of amides is 8. The van der Waals surface area contributed by atoms with Crippen molar-refractivity contribution in [3.05, 3.63) is 162 Å². The maximum Gasteiger partial charge on any atom is 0.317 e. The summed E-state index contributed by atoms with van der Waals surface area (Å²) in [4.78, 5) is 60.8. The number of likely N-dealkylation sites (N-methyl/N-ethyl adjacent to an activating group) is 4. The lowest BCUT2D eigenvalue weighted by molar-refractivity contribution is -0.0603. The van der Waals surface area contributed by atoms with Gasteiger partial charge in [-0.15, -0.1) is 0 Å². The molecule has 0 aromatic heterocycles. The minimum atomic E-state index is -1.45. The molecule has 0 unspecified atom stereocenters. The molecule has 3 saturated carbocycles. The standard InChI is InChI=1S/C32H47N3O3.3C29H48FN3O4/c1-24(2)21-27(22-33-3)34-31(36)35-20-10-12-26(23-35)32(37,19-9-11-25-17-18-25)29-15-7-8-16-30(29)38-28-13-5-4-6-14-28;1-31-20-24(19-22-11-5-4-6-12-22)32-28(34)33-17-10-13-23(21-33)29(35,16-7-8-18-36-2)27-25(30)14-9-15-26(27)37-3;1-31-20-25(18-22-10-5-4-6-11-22)32-28(34)33-16-9-12-23(21-33)29(35,15-7-8-17-36-2)26-19-24(30)13-14-27(26)37-3;1-6-16-37-27-13-12-24(30)19-26(27)29(35,14-8-9-17-36-7-2)23-11-10-15-33(21-23)28(34)32-25(20-31-5)18-22(3)4/h4-8,13-16,24-27,33,37H,9-12,17-23H2,1-3H3,(H,34,36);9,14-15,22-24,31,35H,4-8,10-13,16-21H2,1-3H3,(H,32,34);13-14,19,22-23,25,31,35H,4-12,15-18,20-21H2,1-3H3,(H,32,34);6,12-13,19,22-23,25,31,35H,1,7-11,14-18,20-21H2,2-5H3,(H,32,34)/t26-,27+,32+;23-,24+,29+;2*23-,25+,29+/m1111/s1. The molecule has 838 valence electrons. The average molecular weight is 2090 g/mol. The Kier molecular flexibility index (Phi) is 54.8. The fourth-order valence-corrected chi connectivity index (χ4v) is 23.9. The number of para-hydroxylation sites is 2. The summed E-state index contributed by atoms with van der Waals surface area (Å²) in [5.41, 5.74) is -3.25. The quantitative estimate of drug-likeness (QED) is 0.0127. The fraction of sp³-hybridized carbons (Fsp3) is 0.697. The summed E-state index contributed by atoms with van der Waals surface area (Å²) < 4.78 is 83.2. The van der Waals surface area contributed by atoms with Crippen LogP contribution in [0.2, 0.25) is 0 Å². The van der Waals surface area contributed by atoms with Crippen LogP contribution >= 0.6 is 0 Å². The molecule has 0 bridgehead atoms. The molecule has 27 nitrogen and oxygen atoms in total. The first kappa shape index (κ1) is 124. The van der Waals surface area contributed by atoms with Gasteiger partial charge in [-0.3, -0.25) is 0 Å². The summed E-state index contributed by atoms with van der Waals surface area (Å²) in [7, 11) is 14.0. The minimum Gasteiger partial charge on any atom is -0.496 e. The fourth-order valence-electron chi connectivity index (χ4n) is 23.9. The third-order valence-electron chi connectivity index (χ3n) is 31.7. The van der Waals surface area contributed by atoms with Gasteiger partial charge in [0, 0.05) is 184 Å². The molecule has 4 aliphatic heterocycles. The lowest BCUT2D eigenvalue weighted by atomic mass is 9.73. The second-order valence-electron chi connectivity index (χ2n) is 44.1. The first-order valence-corrected chi connectivity index (χ1v) is 56.8. The van der Waals surface area contributed by atoms with Crippen molar-refractivity contribution in [1.82, 2.24) is 62.1 Å². The highest BCUT2D eigenvalue weighted by molar-refractivity contribution is 5.76. The van der Waals surface area contributed by atoms with Gasteiger partial charge in [-0.1, -0.05) is 166 Å². The molecule has 3 aliphatic carbocycles. The molecule has 12 N–H and O–H groups in total. The lowest BCUT2D eigenvalue weighted by Crippen LogP contribution is -2.54. The highest BCUT2D eigenvalue weighted by Crippen LogP contribution is 2.51. The number of carbonyl (C=O) groups excluding carboxylic acids is 4. The van der Waals surface area contributed by atoms with Crippen LogP contribution in [0.3, 0.4) is 0 Å². The Hall–Kier alpha value is -8.53. The second kappa shape index (κ2) is 65.9. The number of halogens is 3. The van der Waals surface area contributed by atoms with E-state index in [-0.39, 0.29) is 84.1 Å². The van der Waals surface area contributed by atoms with Crippen molar-refractivity contribution in [3.63, 3.8) is 0 Å². The summed E-state index contributed by atoms with van der Waals surface area (Å²) in [6.45, 7) is 24.3. The number of nitrogens with one attached hydrogen (secondary N) is 8. The molecule has 30 heteroatoms. The molecule has 149 heavy (non-hydrogen) atoms. The summed E-state index contributed by atoms with van der Waals surface area (Å²) in [6, 6.07) is 30.9. The summed E-state index contributed by atoms with van der Waals surface area (Å²) in [6.07, 6.45) is 35.5. The Labute approximate surface area is 891 Å². The number of hydrogen-bond donors (Lipinski definition) is 12. The number of piperidine rings is 4. The zero-order valence-electron chi connectivity index (χ0n) is 92.9. The SMILES string of the molecule is C=CCOc1ccc(F)cc1[C@](O)(CCCCOCC)[C@@H]1CCCN(C(=O)N[C@H](CNC)CC(C)C)C1.CNC[C@H](CC(C)C)NC(=O)N1CCC[C@@H]([C@@](O)(CCCC2CC2)c2ccccc2Oc2ccccc2)C1.CNC[C@H](CC1CCCCC1)NC(=O)N1CCC[C@@H]([C@@](O)(CCCCOC)c2c(F)cccc2OC)C1.CNC[C@H](CC1CCCCC1)NC(=O)N1CCC[C@@H]([C@@](O)(CCCCOC)c2cc(F)ccc2OC)C1. The van der Waals surface area contributed by atoms with Crippen molar-refractivity contribution in [2.45, 2.75) is 312 Å². The van der Waals surface area contributed by atoms with Gasteiger partial charge in [0.05, 0.1) is 36.6 Å². The van der Waals surface area contributed by atoms with Gasteiger partial charge in [0.2, 0.25) is 0 Å². The normalized spacial score (nSPS) is 20.3. The monoisotopic (exact) mass is 2090 g/mol. The van der Waals surface area contributed by atoms with Gasteiger partial charge >= 0.3 is 24.1 Å². The smallest absolute Gasteiger partial charge is 0.317 e. The Morgan fingerprint density at radius 1 is 0.416 bits per heavy atom. The first-order chi connectivity index (χ1) is 72.0. The summed E-state index contributed by atoms with van der Waals surface area (Å²) >= 11 is 0. The van der Waals surface area contributed by atoms with Crippen LogP contribution in [0.15, 0.2) is 122 Å². The molecule has 4 heterocycles. The molecule has 0 spiro atoms. The third-order valence-corrected chi connectivity index (χ3v) is 31.7. The highest BCUT2D eigenvalue weighted by Gasteiger charge is 2.49. The highest BCUT2D eigenvalue weighted by atomic mass is 19.1. The minimum absolute atomic E-state index is 0.0234. The molecule has 7 fully saturated rings. The molecule has 5 aromatic rings. The maximum absolute atomic E-state index is 15.2. The number of carbonyl (C=O) groups is 4. The van der Waals surface area contributed by atoms with Gasteiger partial charge in [0.15, 0.2) is 0 Å². The topological polar surface area (TPSA) is 323 Å². The van der Waals surface area contributed by atoms with E-state index in [9.17, 15) is 48.4 Å². The molecule has 4 saturated heterocycles. The molecule has 7 aliphatic rings. The Balaban J connectivity index is 0.000000221. The summed E-state index contributed by atoms with van der Waals surface area (Å²) in [5, 5.41) is 75.0. The van der Waals surface area contributed by atoms with Crippen molar-refractivity contribution in [1.29, 1.82) is 0 Å². The maximum atomic E-state index is 15.2. The number of urea groups is 4. The number of benzene rings is 5. The van der Waals surface area contributed by atoms with Crippen molar-refractivity contribution in [2.75, 3.05) is 168 Å². The van der Waals surface area contributed by atoms with Crippen molar-refractivity contribution < 1.29 is 85.9 Å². The number of rotatable bonds is 55. The molecular formula is C119H191F3N12O15. The van der Waals surface area contributed by atoms with Crippen molar-refractivity contribution in [3.8, 4) is 28.7 Å². The lowest BCUT2D eigenvalue weighted by Gasteiger charge is -2.43. The number of likely N-dealkylation sites (tertiary alicyclic amines) is 4. The molecule has 8 amide bonds. The van der Waals surface area contributed by atoms with Crippen LogP contribution in [0.4, 0.5) is 32.3 Å². The predicted octanol–water partition coefficient (Wildman–Crippen LogP) is 20.8. The Morgan fingerprint density at radius 3 is 1.23 bits per heavy atom. The van der Waals surface area contributed by atoms with E-state index in [1.165, 1.54) is 122 Å². The molecule has 5 aromatic carbocycles. The van der Waals surface area contributed by atoms with E-state index in [2.05, 4.69) is 76.8 Å². The summed E-state index contributed by atoms with van der Waals surface area (Å²) in [5.74, 6) is 3.64. The zero-order chi connectivity index (χ0) is 108. The number of unbranched alkanes of at least 4 members (excludes halogenated alkanes) is 3. The average Bonchev–Trinajstić information content (AvgIpc) is 1.63. The largest absolute Gasteiger partial charge is 0.496 e. The van der Waals surface area contributed by atoms with E-state index in [4.69, 9.17) is 33.2 Å². The molecular weight excluding hydrogens is 1890 g/mol. The Morgan fingerprint density at radius 2 is 0.805 bits per heavy atom. The van der Waals surface area contributed by atoms with E-state index in [1.807, 2.05) is 104 Å². The Bertz CT molecular complexity index is 4660. The zero-order valence-corrected chi connectivity index (χ0v) is 92.9. The van der Waals surface area contributed by atoms with Gasteiger partial charge in [-0.2, -0.15) is 0 Å². The van der Waals surface area contributed by atoms with Crippen molar-refractivity contribution in [2.24, 2.45) is 53.3 Å². The van der Waals surface area contributed by atoms with Gasteiger partial charge < -0.3 is 116 Å². The van der Waals surface area contributed by atoms with Crippen LogP contribution in [0, 0.1) is 70.7 Å². The van der Waals surface area contributed by atoms with Crippen LogP contribution in [-0.2, 0) is 36.6 Å². The molecule has 0 radical (unpaired) electrons. The van der Waals surface area contributed by atoms with E-state index >= 15 is 4.39 Å². The van der Waals surface area contributed by atoms with Crippen LogP contribution in [0.5, 0.6) is 28.7 Å². The molecule has 12 atom stereocenters. The first-order valence-electron chi connectivity index (χ1n) is 56.8. The predicted molar refractivity (Wildman–Crippen MR) is 588 cm³/mol.